The van der Waals surface area contributed by atoms with Crippen molar-refractivity contribution in [3.63, 3.8) is 0 Å². The van der Waals surface area contributed by atoms with Crippen molar-refractivity contribution in [3.8, 4) is 6.07 Å². The van der Waals surface area contributed by atoms with Crippen molar-refractivity contribution in [2.75, 3.05) is 0 Å². The first-order valence-corrected chi connectivity index (χ1v) is 7.07. The van der Waals surface area contributed by atoms with E-state index in [4.69, 9.17) is 5.26 Å². The fourth-order valence-electron chi connectivity index (χ4n) is 1.96. The molecule has 2 aromatic carbocycles. The van der Waals surface area contributed by atoms with Crippen LogP contribution in [0.2, 0.25) is 0 Å². The SMILES string of the molecule is C[C@H](NCc1ccc(C#N)cc1F)c1ccccc1Br. The van der Waals surface area contributed by atoms with E-state index in [0.717, 1.165) is 10.0 Å². The first-order chi connectivity index (χ1) is 9.61. The number of rotatable bonds is 4. The molecule has 2 nitrogen and oxygen atoms in total. The van der Waals surface area contributed by atoms with Crippen LogP contribution in [0.4, 0.5) is 4.39 Å². The molecule has 1 N–H and O–H groups in total. The second-order valence-corrected chi connectivity index (χ2v) is 5.40. The van der Waals surface area contributed by atoms with Crippen LogP contribution in [0.15, 0.2) is 46.9 Å². The van der Waals surface area contributed by atoms with Crippen LogP contribution in [0, 0.1) is 17.1 Å². The van der Waals surface area contributed by atoms with Crippen LogP contribution < -0.4 is 5.32 Å². The lowest BCUT2D eigenvalue weighted by Gasteiger charge is -2.16. The summed E-state index contributed by atoms with van der Waals surface area (Å²) in [6.07, 6.45) is 0. The molecule has 2 rings (SSSR count). The number of halogens is 2. The minimum Gasteiger partial charge on any atom is -0.306 e. The minimum absolute atomic E-state index is 0.0978. The predicted molar refractivity (Wildman–Crippen MR) is 80.5 cm³/mol. The zero-order valence-corrected chi connectivity index (χ0v) is 12.6. The molecule has 0 aliphatic rings. The molecule has 0 spiro atoms. The molecule has 20 heavy (non-hydrogen) atoms. The maximum atomic E-state index is 13.8. The third kappa shape index (κ3) is 3.44. The Kier molecular flexibility index (Phi) is 4.89. The van der Waals surface area contributed by atoms with Crippen LogP contribution in [-0.4, -0.2) is 0 Å². The second kappa shape index (κ2) is 6.65. The highest BCUT2D eigenvalue weighted by Crippen LogP contribution is 2.23. The van der Waals surface area contributed by atoms with Gasteiger partial charge in [0.2, 0.25) is 0 Å². The summed E-state index contributed by atoms with van der Waals surface area (Å²) in [5.74, 6) is -0.351. The normalized spacial score (nSPS) is 11.9. The standard InChI is InChI=1S/C16H14BrFN2/c1-11(14-4-2-3-5-15(14)17)20-10-13-7-6-12(9-19)8-16(13)18/h2-8,11,20H,10H2,1H3/t11-/m0/s1. The summed E-state index contributed by atoms with van der Waals surface area (Å²) in [6.45, 7) is 2.45. The number of nitrogens with zero attached hydrogens (tertiary/aromatic N) is 1. The molecule has 0 aromatic heterocycles. The molecular weight excluding hydrogens is 319 g/mol. The van der Waals surface area contributed by atoms with E-state index >= 15 is 0 Å². The van der Waals surface area contributed by atoms with Crippen LogP contribution in [0.5, 0.6) is 0 Å². The number of nitriles is 1. The topological polar surface area (TPSA) is 35.8 Å². The Morgan fingerprint density at radius 3 is 2.70 bits per heavy atom. The molecule has 0 radical (unpaired) electrons. The van der Waals surface area contributed by atoms with Gasteiger partial charge in [0.05, 0.1) is 11.6 Å². The fourth-order valence-corrected chi connectivity index (χ4v) is 2.59. The monoisotopic (exact) mass is 332 g/mol. The number of hydrogen-bond donors (Lipinski definition) is 1. The van der Waals surface area contributed by atoms with Crippen molar-refractivity contribution < 1.29 is 4.39 Å². The molecule has 102 valence electrons. The highest BCUT2D eigenvalue weighted by molar-refractivity contribution is 9.10. The molecule has 4 heteroatoms. The fraction of sp³-hybridized carbons (Fsp3) is 0.188. The van der Waals surface area contributed by atoms with Gasteiger partial charge < -0.3 is 5.32 Å². The van der Waals surface area contributed by atoms with Crippen molar-refractivity contribution >= 4 is 15.9 Å². The Morgan fingerprint density at radius 1 is 1.30 bits per heavy atom. The molecule has 0 saturated heterocycles. The smallest absolute Gasteiger partial charge is 0.129 e. The van der Waals surface area contributed by atoms with Crippen molar-refractivity contribution in [2.45, 2.75) is 19.5 Å². The van der Waals surface area contributed by atoms with Gasteiger partial charge in [-0.15, -0.1) is 0 Å². The summed E-state index contributed by atoms with van der Waals surface area (Å²) in [5, 5.41) is 12.0. The summed E-state index contributed by atoms with van der Waals surface area (Å²) >= 11 is 3.51. The molecule has 0 aliphatic carbocycles. The van der Waals surface area contributed by atoms with Gasteiger partial charge in [0, 0.05) is 22.6 Å². The van der Waals surface area contributed by atoms with Gasteiger partial charge in [0.25, 0.3) is 0 Å². The van der Waals surface area contributed by atoms with Gasteiger partial charge in [-0.3, -0.25) is 0 Å². The predicted octanol–water partition coefficient (Wildman–Crippen LogP) is 4.31. The van der Waals surface area contributed by atoms with Crippen molar-refractivity contribution in [1.82, 2.24) is 5.32 Å². The van der Waals surface area contributed by atoms with Gasteiger partial charge in [-0.25, -0.2) is 4.39 Å². The molecule has 2 aromatic rings. The van der Waals surface area contributed by atoms with E-state index in [9.17, 15) is 4.39 Å². The molecule has 0 unspecified atom stereocenters. The van der Waals surface area contributed by atoms with Crippen molar-refractivity contribution in [1.29, 1.82) is 5.26 Å². The molecule has 0 saturated carbocycles. The van der Waals surface area contributed by atoms with Crippen LogP contribution in [-0.2, 0) is 6.54 Å². The van der Waals surface area contributed by atoms with E-state index < -0.39 is 0 Å². The second-order valence-electron chi connectivity index (χ2n) is 4.54. The van der Waals surface area contributed by atoms with Gasteiger partial charge >= 0.3 is 0 Å². The van der Waals surface area contributed by atoms with Gasteiger partial charge in [0.1, 0.15) is 5.82 Å². The summed E-state index contributed by atoms with van der Waals surface area (Å²) in [7, 11) is 0. The maximum absolute atomic E-state index is 13.8. The van der Waals surface area contributed by atoms with E-state index in [1.165, 1.54) is 6.07 Å². The molecular formula is C16H14BrFN2. The van der Waals surface area contributed by atoms with Gasteiger partial charge in [-0.1, -0.05) is 40.2 Å². The third-order valence-corrected chi connectivity index (χ3v) is 3.87. The van der Waals surface area contributed by atoms with E-state index in [1.807, 2.05) is 37.3 Å². The first kappa shape index (κ1) is 14.7. The van der Waals surface area contributed by atoms with Crippen LogP contribution in [0.3, 0.4) is 0 Å². The van der Waals surface area contributed by atoms with Gasteiger partial charge in [0.15, 0.2) is 0 Å². The average Bonchev–Trinajstić information content (AvgIpc) is 2.46. The van der Waals surface area contributed by atoms with Crippen LogP contribution in [0.1, 0.15) is 29.7 Å². The Labute approximate surface area is 126 Å². The zero-order chi connectivity index (χ0) is 14.5. The lowest BCUT2D eigenvalue weighted by Crippen LogP contribution is -2.19. The minimum atomic E-state index is -0.351. The molecule has 0 fully saturated rings. The van der Waals surface area contributed by atoms with Crippen molar-refractivity contribution in [2.24, 2.45) is 0 Å². The summed E-state index contributed by atoms with van der Waals surface area (Å²) in [6, 6.07) is 14.5. The summed E-state index contributed by atoms with van der Waals surface area (Å²) in [4.78, 5) is 0. The summed E-state index contributed by atoms with van der Waals surface area (Å²) in [5.41, 5.74) is 2.02. The number of nitrogens with one attached hydrogen (secondary N) is 1. The highest BCUT2D eigenvalue weighted by Gasteiger charge is 2.10. The Hall–Kier alpha value is -1.70. The lowest BCUT2D eigenvalue weighted by molar-refractivity contribution is 0.543. The van der Waals surface area contributed by atoms with E-state index in [2.05, 4.69) is 21.2 Å². The Morgan fingerprint density at radius 2 is 2.05 bits per heavy atom. The Bertz CT molecular complexity index is 649. The van der Waals surface area contributed by atoms with Crippen LogP contribution >= 0.6 is 15.9 Å². The number of benzene rings is 2. The largest absolute Gasteiger partial charge is 0.306 e. The van der Waals surface area contributed by atoms with Gasteiger partial charge in [-0.05, 0) is 30.7 Å². The van der Waals surface area contributed by atoms with Crippen LogP contribution in [0.25, 0.3) is 0 Å². The van der Waals surface area contributed by atoms with E-state index in [0.29, 0.717) is 17.7 Å². The molecule has 0 amide bonds. The number of hydrogen-bond acceptors (Lipinski definition) is 2. The first-order valence-electron chi connectivity index (χ1n) is 6.28. The molecule has 0 heterocycles. The Balaban J connectivity index is 2.06. The average molecular weight is 333 g/mol. The van der Waals surface area contributed by atoms with E-state index in [1.54, 1.807) is 12.1 Å². The molecule has 0 bridgehead atoms. The quantitative estimate of drug-likeness (QED) is 0.905. The molecule has 1 atom stereocenters. The summed E-state index contributed by atoms with van der Waals surface area (Å²) < 4.78 is 14.8. The van der Waals surface area contributed by atoms with Gasteiger partial charge in [-0.2, -0.15) is 5.26 Å². The zero-order valence-electron chi connectivity index (χ0n) is 11.0. The third-order valence-electron chi connectivity index (χ3n) is 3.15. The lowest BCUT2D eigenvalue weighted by atomic mass is 10.1. The van der Waals surface area contributed by atoms with E-state index in [-0.39, 0.29) is 11.9 Å². The molecule has 0 aliphatic heterocycles. The highest BCUT2D eigenvalue weighted by atomic mass is 79.9. The van der Waals surface area contributed by atoms with Crippen molar-refractivity contribution in [3.05, 3.63) is 69.4 Å². The maximum Gasteiger partial charge on any atom is 0.129 e.